The van der Waals surface area contributed by atoms with Crippen LogP contribution in [0.25, 0.3) is 10.9 Å². The van der Waals surface area contributed by atoms with Crippen molar-refractivity contribution in [3.8, 4) is 0 Å². The first-order valence-corrected chi connectivity index (χ1v) is 6.63. The number of aromatic nitrogens is 1. The number of halogens is 1. The third kappa shape index (κ3) is 1.97. The first-order valence-electron chi connectivity index (χ1n) is 5.84. The van der Waals surface area contributed by atoms with E-state index in [2.05, 4.69) is 32.3 Å². The Morgan fingerprint density at radius 1 is 1.35 bits per heavy atom. The highest BCUT2D eigenvalue weighted by atomic mass is 79.9. The van der Waals surface area contributed by atoms with Crippen molar-refractivity contribution in [3.63, 3.8) is 0 Å². The molecule has 3 nitrogen and oxygen atoms in total. The van der Waals surface area contributed by atoms with E-state index in [1.165, 1.54) is 19.3 Å². The van der Waals surface area contributed by atoms with Gasteiger partial charge < -0.3 is 11.1 Å². The van der Waals surface area contributed by atoms with Crippen LogP contribution < -0.4 is 11.1 Å². The summed E-state index contributed by atoms with van der Waals surface area (Å²) >= 11 is 3.46. The van der Waals surface area contributed by atoms with E-state index in [1.807, 2.05) is 12.1 Å². The molecule has 1 aliphatic carbocycles. The zero-order chi connectivity index (χ0) is 11.8. The molecule has 1 aliphatic rings. The highest BCUT2D eigenvalue weighted by Crippen LogP contribution is 2.33. The fourth-order valence-corrected chi connectivity index (χ4v) is 2.45. The molecule has 0 aliphatic heterocycles. The van der Waals surface area contributed by atoms with Crippen molar-refractivity contribution in [1.29, 1.82) is 0 Å². The topological polar surface area (TPSA) is 50.9 Å². The van der Waals surface area contributed by atoms with E-state index in [1.54, 1.807) is 6.20 Å². The standard InChI is InChI=1S/C13H14BrN3/c14-8-4-5-10-12(6-8)16-7-11(15)13(10)17-9-2-1-3-9/h4-7,9H,1-3,15H2,(H,16,17). The second-order valence-corrected chi connectivity index (χ2v) is 5.44. The van der Waals surface area contributed by atoms with Gasteiger partial charge in [0, 0.05) is 15.9 Å². The summed E-state index contributed by atoms with van der Waals surface area (Å²) in [7, 11) is 0. The molecule has 0 unspecified atom stereocenters. The number of nitrogens with one attached hydrogen (secondary N) is 1. The number of rotatable bonds is 2. The van der Waals surface area contributed by atoms with Crippen molar-refractivity contribution in [2.75, 3.05) is 11.1 Å². The molecule has 3 rings (SSSR count). The van der Waals surface area contributed by atoms with Gasteiger partial charge in [-0.15, -0.1) is 0 Å². The molecule has 1 aromatic heterocycles. The smallest absolute Gasteiger partial charge is 0.0743 e. The number of nitrogens with two attached hydrogens (primary N) is 1. The van der Waals surface area contributed by atoms with E-state index in [-0.39, 0.29) is 0 Å². The van der Waals surface area contributed by atoms with Crippen molar-refractivity contribution in [2.24, 2.45) is 0 Å². The largest absolute Gasteiger partial charge is 0.396 e. The van der Waals surface area contributed by atoms with E-state index in [0.717, 1.165) is 26.8 Å². The lowest BCUT2D eigenvalue weighted by molar-refractivity contribution is 0.446. The van der Waals surface area contributed by atoms with E-state index in [4.69, 9.17) is 5.73 Å². The third-order valence-corrected chi connectivity index (χ3v) is 3.81. The molecule has 1 aromatic carbocycles. The van der Waals surface area contributed by atoms with Gasteiger partial charge in [0.2, 0.25) is 0 Å². The number of pyridine rings is 1. The van der Waals surface area contributed by atoms with Gasteiger partial charge in [-0.1, -0.05) is 15.9 Å². The zero-order valence-electron chi connectivity index (χ0n) is 9.41. The van der Waals surface area contributed by atoms with Gasteiger partial charge in [-0.05, 0) is 37.5 Å². The van der Waals surface area contributed by atoms with Gasteiger partial charge in [0.1, 0.15) is 0 Å². The minimum atomic E-state index is 0.576. The van der Waals surface area contributed by atoms with Crippen molar-refractivity contribution < 1.29 is 0 Å². The van der Waals surface area contributed by atoms with Crippen molar-refractivity contribution in [2.45, 2.75) is 25.3 Å². The Balaban J connectivity index is 2.09. The lowest BCUT2D eigenvalue weighted by Crippen LogP contribution is -2.27. The summed E-state index contributed by atoms with van der Waals surface area (Å²) in [6.45, 7) is 0. The summed E-state index contributed by atoms with van der Waals surface area (Å²) in [6.07, 6.45) is 5.52. The number of nitrogens with zero attached hydrogens (tertiary/aromatic N) is 1. The molecule has 88 valence electrons. The van der Waals surface area contributed by atoms with Gasteiger partial charge in [0.05, 0.1) is 23.1 Å². The lowest BCUT2D eigenvalue weighted by atomic mass is 9.92. The summed E-state index contributed by atoms with van der Waals surface area (Å²) in [4.78, 5) is 4.36. The molecule has 1 heterocycles. The first-order chi connectivity index (χ1) is 8.24. The summed E-state index contributed by atoms with van der Waals surface area (Å²) in [5.41, 5.74) is 8.75. The van der Waals surface area contributed by atoms with Crippen LogP contribution in [0.2, 0.25) is 0 Å². The number of nitrogen functional groups attached to an aromatic ring is 1. The predicted molar refractivity (Wildman–Crippen MR) is 75.1 cm³/mol. The average molecular weight is 292 g/mol. The Kier molecular flexibility index (Phi) is 2.67. The summed E-state index contributed by atoms with van der Waals surface area (Å²) < 4.78 is 1.04. The number of anilines is 2. The molecule has 3 N–H and O–H groups in total. The number of fused-ring (bicyclic) bond motifs is 1. The van der Waals surface area contributed by atoms with Crippen LogP contribution in [-0.2, 0) is 0 Å². The second-order valence-electron chi connectivity index (χ2n) is 4.52. The maximum Gasteiger partial charge on any atom is 0.0743 e. The highest BCUT2D eigenvalue weighted by molar-refractivity contribution is 9.10. The minimum absolute atomic E-state index is 0.576. The summed E-state index contributed by atoms with van der Waals surface area (Å²) in [5, 5.41) is 4.63. The van der Waals surface area contributed by atoms with Crippen LogP contribution in [-0.4, -0.2) is 11.0 Å². The molecule has 2 aromatic rings. The van der Waals surface area contributed by atoms with Crippen LogP contribution in [0, 0.1) is 0 Å². The van der Waals surface area contributed by atoms with E-state index >= 15 is 0 Å². The van der Waals surface area contributed by atoms with Crippen LogP contribution in [0.4, 0.5) is 11.4 Å². The average Bonchev–Trinajstić information content (AvgIpc) is 2.25. The van der Waals surface area contributed by atoms with Crippen LogP contribution in [0.1, 0.15) is 19.3 Å². The fraction of sp³-hybridized carbons (Fsp3) is 0.308. The minimum Gasteiger partial charge on any atom is -0.396 e. The number of benzene rings is 1. The second kappa shape index (κ2) is 4.18. The Labute approximate surface area is 109 Å². The SMILES string of the molecule is Nc1cnc2cc(Br)ccc2c1NC1CCC1. The Hall–Kier alpha value is -1.29. The summed E-state index contributed by atoms with van der Waals surface area (Å²) in [5.74, 6) is 0. The van der Waals surface area contributed by atoms with Gasteiger partial charge in [-0.3, -0.25) is 4.98 Å². The molecule has 0 bridgehead atoms. The number of hydrogen-bond donors (Lipinski definition) is 2. The first kappa shape index (κ1) is 10.8. The third-order valence-electron chi connectivity index (χ3n) is 3.31. The quantitative estimate of drug-likeness (QED) is 0.890. The molecule has 0 atom stereocenters. The molecule has 17 heavy (non-hydrogen) atoms. The van der Waals surface area contributed by atoms with Crippen molar-refractivity contribution >= 4 is 38.2 Å². The van der Waals surface area contributed by atoms with E-state index in [0.29, 0.717) is 6.04 Å². The van der Waals surface area contributed by atoms with Crippen LogP contribution >= 0.6 is 15.9 Å². The van der Waals surface area contributed by atoms with Gasteiger partial charge >= 0.3 is 0 Å². The molecule has 0 radical (unpaired) electrons. The van der Waals surface area contributed by atoms with Gasteiger partial charge in [-0.2, -0.15) is 0 Å². The fourth-order valence-electron chi connectivity index (χ4n) is 2.10. The Morgan fingerprint density at radius 2 is 2.18 bits per heavy atom. The normalized spacial score (nSPS) is 15.8. The Morgan fingerprint density at radius 3 is 2.88 bits per heavy atom. The zero-order valence-corrected chi connectivity index (χ0v) is 11.0. The lowest BCUT2D eigenvalue weighted by Gasteiger charge is -2.28. The molecule has 0 spiro atoms. The van der Waals surface area contributed by atoms with Crippen molar-refractivity contribution in [1.82, 2.24) is 4.98 Å². The van der Waals surface area contributed by atoms with Gasteiger partial charge in [-0.25, -0.2) is 0 Å². The monoisotopic (exact) mass is 291 g/mol. The number of hydrogen-bond acceptors (Lipinski definition) is 3. The van der Waals surface area contributed by atoms with Gasteiger partial charge in [0.15, 0.2) is 0 Å². The maximum atomic E-state index is 6.02. The van der Waals surface area contributed by atoms with Crippen molar-refractivity contribution in [3.05, 3.63) is 28.9 Å². The molecular formula is C13H14BrN3. The molecular weight excluding hydrogens is 278 g/mol. The van der Waals surface area contributed by atoms with E-state index in [9.17, 15) is 0 Å². The predicted octanol–water partition coefficient (Wildman–Crippen LogP) is 3.54. The molecule has 0 saturated heterocycles. The van der Waals surface area contributed by atoms with Crippen LogP contribution in [0.15, 0.2) is 28.9 Å². The highest BCUT2D eigenvalue weighted by Gasteiger charge is 2.19. The van der Waals surface area contributed by atoms with E-state index < -0.39 is 0 Å². The molecule has 0 amide bonds. The molecule has 4 heteroatoms. The van der Waals surface area contributed by atoms with Crippen LogP contribution in [0.3, 0.4) is 0 Å². The molecule has 1 fully saturated rings. The Bertz CT molecular complexity index is 564. The maximum absolute atomic E-state index is 6.02. The molecule has 1 saturated carbocycles. The summed E-state index contributed by atoms with van der Waals surface area (Å²) in [6, 6.07) is 6.67. The van der Waals surface area contributed by atoms with Crippen LogP contribution in [0.5, 0.6) is 0 Å². The van der Waals surface area contributed by atoms with Gasteiger partial charge in [0.25, 0.3) is 0 Å².